The summed E-state index contributed by atoms with van der Waals surface area (Å²) in [7, 11) is 0. The van der Waals surface area contributed by atoms with Gasteiger partial charge in [-0.15, -0.1) is 0 Å². The number of hydrogen-bond acceptors (Lipinski definition) is 7. The number of benzene rings is 6. The summed E-state index contributed by atoms with van der Waals surface area (Å²) < 4.78 is 41.2. The van der Waals surface area contributed by atoms with Gasteiger partial charge in [0, 0.05) is 12.8 Å². The van der Waals surface area contributed by atoms with Crippen molar-refractivity contribution in [2.45, 2.75) is 56.3 Å². The predicted molar refractivity (Wildman–Crippen MR) is 203 cm³/mol. The molecule has 4 aliphatic rings. The van der Waals surface area contributed by atoms with Crippen LogP contribution in [0.15, 0.2) is 109 Å². The van der Waals surface area contributed by atoms with Gasteiger partial charge in [0.25, 0.3) is 0 Å². The molecular formula is C46H42O7. The molecule has 1 saturated carbocycles. The quantitative estimate of drug-likeness (QED) is 0.0734. The molecule has 53 heavy (non-hydrogen) atoms. The van der Waals surface area contributed by atoms with E-state index in [1.807, 2.05) is 12.1 Å². The van der Waals surface area contributed by atoms with Crippen molar-refractivity contribution in [1.82, 2.24) is 0 Å². The van der Waals surface area contributed by atoms with Crippen LogP contribution >= 0.6 is 0 Å². The zero-order chi connectivity index (χ0) is 35.1. The minimum Gasteiger partial charge on any atom is -0.457 e. The molecule has 4 fully saturated rings. The van der Waals surface area contributed by atoms with Crippen LogP contribution in [-0.4, -0.2) is 45.6 Å². The topological polar surface area (TPSA) is 74.5 Å². The Morgan fingerprint density at radius 2 is 0.962 bits per heavy atom. The molecule has 0 amide bonds. The average Bonchev–Trinajstić information content (AvgIpc) is 3.96. The summed E-state index contributed by atoms with van der Waals surface area (Å²) in [6.45, 7) is 2.64. The maximum atomic E-state index is 6.21. The smallest absolute Gasteiger partial charge is 0.230 e. The second-order valence-corrected chi connectivity index (χ2v) is 14.8. The first kappa shape index (κ1) is 32.6. The molecule has 0 spiro atoms. The van der Waals surface area contributed by atoms with Crippen molar-refractivity contribution in [2.24, 2.45) is 0 Å². The Bertz CT molecular complexity index is 2120. The predicted octanol–water partition coefficient (Wildman–Crippen LogP) is 9.25. The summed E-state index contributed by atoms with van der Waals surface area (Å²) >= 11 is 0. The average molecular weight is 707 g/mol. The maximum absolute atomic E-state index is 6.21. The van der Waals surface area contributed by atoms with Crippen LogP contribution in [0.5, 0.6) is 23.0 Å². The zero-order valence-electron chi connectivity index (χ0n) is 29.6. The lowest BCUT2D eigenvalue weighted by Gasteiger charge is -2.16. The molecule has 0 N–H and O–H groups in total. The summed E-state index contributed by atoms with van der Waals surface area (Å²) in [5.41, 5.74) is 7.36. The molecule has 3 saturated heterocycles. The molecule has 3 heterocycles. The minimum atomic E-state index is 0.122. The van der Waals surface area contributed by atoms with Gasteiger partial charge in [0.1, 0.15) is 29.1 Å². The molecule has 6 aromatic rings. The fourth-order valence-electron chi connectivity index (χ4n) is 7.28. The van der Waals surface area contributed by atoms with E-state index in [2.05, 4.69) is 97.1 Å². The molecule has 7 heteroatoms. The summed E-state index contributed by atoms with van der Waals surface area (Å²) in [6, 6.07) is 38.5. The fraction of sp³-hybridized carbons (Fsp3) is 0.304. The van der Waals surface area contributed by atoms with Crippen LogP contribution in [0.1, 0.15) is 58.2 Å². The van der Waals surface area contributed by atoms with Gasteiger partial charge in [0.2, 0.25) is 13.6 Å². The molecule has 0 radical (unpaired) electrons. The first-order valence-corrected chi connectivity index (χ1v) is 18.8. The highest BCUT2D eigenvalue weighted by atomic mass is 16.7. The normalized spacial score (nSPS) is 20.0. The van der Waals surface area contributed by atoms with Crippen LogP contribution < -0.4 is 18.9 Å². The Kier molecular flexibility index (Phi) is 8.63. The molecule has 3 unspecified atom stereocenters. The van der Waals surface area contributed by atoms with Crippen molar-refractivity contribution in [2.75, 3.05) is 33.4 Å². The second-order valence-electron chi connectivity index (χ2n) is 14.8. The molecule has 7 nitrogen and oxygen atoms in total. The largest absolute Gasteiger partial charge is 0.457 e. The van der Waals surface area contributed by atoms with E-state index < -0.39 is 0 Å². The highest BCUT2D eigenvalue weighted by molar-refractivity contribution is 5.85. The molecule has 3 aliphatic heterocycles. The Morgan fingerprint density at radius 1 is 0.472 bits per heavy atom. The number of fused-ring (bicyclic) bond motifs is 2. The van der Waals surface area contributed by atoms with E-state index in [9.17, 15) is 0 Å². The minimum absolute atomic E-state index is 0.122. The SMILES string of the molecule is c1cc(OCOc2ccc3cc(C4CC4)ccc3c2)c(CC2CO2)cc1Cc1ccc(OCOc2ccc3cc(C4CO4)ccc3c2)c(CC2CO2)c1. The van der Waals surface area contributed by atoms with E-state index in [1.165, 1.54) is 51.3 Å². The van der Waals surface area contributed by atoms with Crippen molar-refractivity contribution in [1.29, 1.82) is 0 Å². The first-order chi connectivity index (χ1) is 26.1. The van der Waals surface area contributed by atoms with Crippen molar-refractivity contribution in [3.63, 3.8) is 0 Å². The van der Waals surface area contributed by atoms with Gasteiger partial charge in [-0.1, -0.05) is 66.7 Å². The Labute approximate surface area is 309 Å². The summed E-state index contributed by atoms with van der Waals surface area (Å²) in [5, 5.41) is 4.75. The van der Waals surface area contributed by atoms with Gasteiger partial charge in [-0.25, -0.2) is 0 Å². The highest BCUT2D eigenvalue weighted by Gasteiger charge is 2.27. The van der Waals surface area contributed by atoms with Crippen molar-refractivity contribution in [3.8, 4) is 23.0 Å². The van der Waals surface area contributed by atoms with E-state index in [1.54, 1.807) is 0 Å². The van der Waals surface area contributed by atoms with E-state index >= 15 is 0 Å². The summed E-state index contributed by atoms with van der Waals surface area (Å²) in [4.78, 5) is 0. The van der Waals surface area contributed by atoms with E-state index in [0.29, 0.717) is 0 Å². The Morgan fingerprint density at radius 3 is 1.47 bits per heavy atom. The number of rotatable bonds is 16. The molecule has 10 rings (SSSR count). The monoisotopic (exact) mass is 706 g/mol. The third kappa shape index (κ3) is 7.98. The van der Waals surface area contributed by atoms with E-state index in [4.69, 9.17) is 33.2 Å². The Hall–Kier alpha value is -5.08. The zero-order valence-corrected chi connectivity index (χ0v) is 29.6. The van der Waals surface area contributed by atoms with E-state index in [-0.39, 0.29) is 31.9 Å². The molecular weight excluding hydrogens is 664 g/mol. The van der Waals surface area contributed by atoms with Crippen LogP contribution in [0.2, 0.25) is 0 Å². The van der Waals surface area contributed by atoms with Crippen LogP contribution in [0, 0.1) is 0 Å². The Balaban J connectivity index is 0.785. The van der Waals surface area contributed by atoms with Crippen LogP contribution in [-0.2, 0) is 33.5 Å². The third-order valence-electron chi connectivity index (χ3n) is 10.7. The molecule has 3 atom stereocenters. The number of hydrogen-bond donors (Lipinski definition) is 0. The van der Waals surface area contributed by atoms with Gasteiger partial charge < -0.3 is 33.2 Å². The number of epoxide rings is 3. The van der Waals surface area contributed by atoms with Gasteiger partial charge in [-0.3, -0.25) is 0 Å². The maximum Gasteiger partial charge on any atom is 0.230 e. The van der Waals surface area contributed by atoms with Gasteiger partial charge in [0.05, 0.1) is 32.0 Å². The van der Waals surface area contributed by atoms with Crippen molar-refractivity contribution >= 4 is 21.5 Å². The van der Waals surface area contributed by atoms with Crippen LogP contribution in [0.4, 0.5) is 0 Å². The van der Waals surface area contributed by atoms with Crippen molar-refractivity contribution < 1.29 is 33.2 Å². The second kappa shape index (κ2) is 14.0. The fourth-order valence-corrected chi connectivity index (χ4v) is 7.28. The van der Waals surface area contributed by atoms with E-state index in [0.717, 1.165) is 84.5 Å². The molecule has 1 aliphatic carbocycles. The van der Waals surface area contributed by atoms with Gasteiger partial charge >= 0.3 is 0 Å². The lowest BCUT2D eigenvalue weighted by Crippen LogP contribution is -2.09. The lowest BCUT2D eigenvalue weighted by atomic mass is 9.97. The lowest BCUT2D eigenvalue weighted by molar-refractivity contribution is 0.118. The molecule has 0 aromatic heterocycles. The third-order valence-corrected chi connectivity index (χ3v) is 10.7. The van der Waals surface area contributed by atoms with Crippen LogP contribution in [0.3, 0.4) is 0 Å². The van der Waals surface area contributed by atoms with Gasteiger partial charge in [0.15, 0.2) is 0 Å². The van der Waals surface area contributed by atoms with Gasteiger partial charge in [-0.2, -0.15) is 0 Å². The summed E-state index contributed by atoms with van der Waals surface area (Å²) in [6.07, 6.45) is 5.75. The molecule has 0 bridgehead atoms. The summed E-state index contributed by atoms with van der Waals surface area (Å²) in [5.74, 6) is 3.98. The first-order valence-electron chi connectivity index (χ1n) is 18.8. The standard InChI is InChI=1S/C46H42O7/c1-13-44(52-27-50-40-11-9-33-18-32(31-3-4-31)5-6-35(33)20-40)38(22-42-24-47-42)16-29(1)15-30-2-14-45(39(17-30)23-43-25-48-43)53-28-51-41-12-10-34-19-37(46-26-49-46)8-7-36(34)21-41/h1-2,5-14,16-21,31,42-43,46H,3-4,15,22-28H2. The molecule has 6 aromatic carbocycles. The molecule has 268 valence electrons. The van der Waals surface area contributed by atoms with Crippen LogP contribution in [0.25, 0.3) is 21.5 Å². The van der Waals surface area contributed by atoms with Crippen molar-refractivity contribution in [3.05, 3.63) is 143 Å². The van der Waals surface area contributed by atoms with Gasteiger partial charge in [-0.05, 0) is 123 Å². The number of ether oxygens (including phenoxy) is 7. The highest BCUT2D eigenvalue weighted by Crippen LogP contribution is 2.41.